The molecule has 0 aliphatic heterocycles. The van der Waals surface area contributed by atoms with Crippen molar-refractivity contribution in [2.75, 3.05) is 0 Å². The largest absolute Gasteiger partial charge is 0.309 e. The van der Waals surface area contributed by atoms with Crippen LogP contribution >= 0.6 is 0 Å². The monoisotopic (exact) mass is 1580 g/mol. The summed E-state index contributed by atoms with van der Waals surface area (Å²) in [6.07, 6.45) is 11.6. The van der Waals surface area contributed by atoms with Gasteiger partial charge < -0.3 is 27.4 Å². The summed E-state index contributed by atoms with van der Waals surface area (Å²) in [6, 6.07) is 150. The normalized spacial score (nSPS) is 11.7. The second-order valence-electron chi connectivity index (χ2n) is 31.8. The molecule has 9 heteroatoms. The lowest BCUT2D eigenvalue weighted by Crippen LogP contribution is -1.94. The number of benzene rings is 17. The van der Waals surface area contributed by atoms with Crippen LogP contribution in [0.5, 0.6) is 0 Å². The van der Waals surface area contributed by atoms with Crippen LogP contribution in [0, 0.1) is 0 Å². The molecule has 0 atom stereocenters. The molecule has 124 heavy (non-hydrogen) atoms. The Morgan fingerprint density at radius 2 is 0.419 bits per heavy atom. The molecule has 580 valence electrons. The maximum atomic E-state index is 4.51. The van der Waals surface area contributed by atoms with Gasteiger partial charge in [0.05, 0.1) is 84.8 Å². The zero-order valence-corrected chi connectivity index (χ0v) is 67.3. The van der Waals surface area contributed by atoms with Crippen LogP contribution < -0.4 is 0 Å². The summed E-state index contributed by atoms with van der Waals surface area (Å²) < 4.78 is 14.2. The molecule has 0 aliphatic carbocycles. The Hall–Kier alpha value is -16.8. The first-order valence-electron chi connectivity index (χ1n) is 42.2. The fraction of sp³-hybridized carbons (Fsp3) is 0. The predicted octanol–water partition coefficient (Wildman–Crippen LogP) is 29.6. The highest BCUT2D eigenvalue weighted by atomic mass is 15.0. The van der Waals surface area contributed by atoms with E-state index < -0.39 is 0 Å². The fourth-order valence-electron chi connectivity index (χ4n) is 19.6. The van der Waals surface area contributed by atoms with Crippen molar-refractivity contribution in [2.24, 2.45) is 0 Å². The zero-order chi connectivity index (χ0) is 81.7. The molecule has 0 aliphatic rings. The van der Waals surface area contributed by atoms with Crippen molar-refractivity contribution in [3.05, 3.63) is 456 Å². The van der Waals surface area contributed by atoms with Gasteiger partial charge in [0.25, 0.3) is 0 Å². The third-order valence-corrected chi connectivity index (χ3v) is 25.0. The number of hydrogen-bond acceptors (Lipinski definition) is 3. The Bertz CT molecular complexity index is 8650. The molecular formula is C115H75N9. The van der Waals surface area contributed by atoms with Crippen LogP contribution in [-0.4, -0.2) is 42.4 Å². The molecule has 9 nitrogen and oxygen atoms in total. The lowest BCUT2D eigenvalue weighted by atomic mass is 9.98. The van der Waals surface area contributed by atoms with E-state index in [1.165, 1.54) is 181 Å². The van der Waals surface area contributed by atoms with E-state index in [-0.39, 0.29) is 0 Å². The van der Waals surface area contributed by atoms with Crippen LogP contribution in [0.1, 0.15) is 0 Å². The molecule has 0 bridgehead atoms. The summed E-state index contributed by atoms with van der Waals surface area (Å²) in [5.41, 5.74) is 30.7. The standard InChI is InChI=1S/C41H27N3.C39H25N3.C35H23N3/c1-3-10-28(11-4-1)29-18-21-32(22-19-29)43-37-16-8-7-14-34(37)35-23-20-30(26-39(35)43)33-15-9-17-38-41(33)36-24-25-42-27-40(36)44(38)31-12-5-2-6-13-31;1-2-11-29(12-3-1)41-36-16-8-14-31(39(36)34-21-22-40-25-38(34)41)28-18-20-33-32-13-6-7-15-35(32)42(37(33)24-28)30-19-17-26-9-4-5-10-27(26)23-30;1-3-10-25(11-4-1)37-31-16-8-7-14-28(31)29-19-18-24(22-33(29)37)27-15-9-17-32-35(27)30-20-21-36-23-34(30)38(32)26-12-5-2-6-13-26/h1-27H;1-25H;1-23H. The second kappa shape index (κ2) is 29.6. The maximum Gasteiger partial charge on any atom is 0.0724 e. The van der Waals surface area contributed by atoms with Gasteiger partial charge in [-0.05, 0) is 201 Å². The Labute approximate surface area is 713 Å². The van der Waals surface area contributed by atoms with Gasteiger partial charge >= 0.3 is 0 Å². The van der Waals surface area contributed by atoms with E-state index in [1.54, 1.807) is 0 Å². The van der Waals surface area contributed by atoms with Crippen molar-refractivity contribution in [2.45, 2.75) is 0 Å². The first kappa shape index (κ1) is 71.4. The van der Waals surface area contributed by atoms with E-state index >= 15 is 0 Å². The molecule has 0 saturated carbocycles. The number of para-hydroxylation sites is 7. The van der Waals surface area contributed by atoms with Gasteiger partial charge in [-0.2, -0.15) is 0 Å². The third-order valence-electron chi connectivity index (χ3n) is 25.0. The van der Waals surface area contributed by atoms with Gasteiger partial charge in [-0.25, -0.2) is 0 Å². The lowest BCUT2D eigenvalue weighted by molar-refractivity contribution is 1.17. The summed E-state index contributed by atoms with van der Waals surface area (Å²) in [4.78, 5) is 13.5. The van der Waals surface area contributed by atoms with Crippen molar-refractivity contribution in [1.82, 2.24) is 42.4 Å². The topological polar surface area (TPSA) is 68.2 Å². The number of aromatic nitrogens is 9. The Balaban J connectivity index is 0.000000105. The molecule has 0 amide bonds. The SMILES string of the molecule is c1ccc(-c2ccc(-n3c4ccccc4c4ccc(-c5cccc6c5c5ccncc5n6-c5ccccc5)cc43)cc2)cc1.c1ccc(-n2c3ccccc3c3ccc(-c4cccc5c4c4ccncc4n5-c4ccccc4)cc32)cc1.c1ccc(-n2c3cnccc3c3c(-c4ccc5c6ccccc6n(-c6ccc7ccccc7c6)c5c4)cccc32)cc1. The first-order chi connectivity index (χ1) is 61.6. The van der Waals surface area contributed by atoms with Crippen molar-refractivity contribution in [3.63, 3.8) is 0 Å². The van der Waals surface area contributed by atoms with Crippen LogP contribution in [0.2, 0.25) is 0 Å². The second-order valence-corrected chi connectivity index (χ2v) is 31.8. The molecule has 0 fully saturated rings. The summed E-state index contributed by atoms with van der Waals surface area (Å²) in [7, 11) is 0. The van der Waals surface area contributed by atoms with Gasteiger partial charge in [-0.15, -0.1) is 0 Å². The number of rotatable bonds is 10. The van der Waals surface area contributed by atoms with Crippen LogP contribution in [0.15, 0.2) is 456 Å². The molecule has 17 aromatic carbocycles. The van der Waals surface area contributed by atoms with Crippen molar-refractivity contribution >= 4 is 142 Å². The molecule has 26 aromatic rings. The summed E-state index contributed by atoms with van der Waals surface area (Å²) in [5.74, 6) is 0. The van der Waals surface area contributed by atoms with E-state index in [9.17, 15) is 0 Å². The van der Waals surface area contributed by atoms with Gasteiger partial charge in [0.2, 0.25) is 0 Å². The van der Waals surface area contributed by atoms with Crippen molar-refractivity contribution in [3.8, 4) is 78.6 Å². The molecule has 0 unspecified atom stereocenters. The number of nitrogens with zero attached hydrogens (tertiary/aromatic N) is 9. The summed E-state index contributed by atoms with van der Waals surface area (Å²) in [6.45, 7) is 0. The summed E-state index contributed by atoms with van der Waals surface area (Å²) in [5, 5.41) is 17.4. The average molecular weight is 1580 g/mol. The van der Waals surface area contributed by atoms with E-state index in [0.29, 0.717) is 0 Å². The molecule has 0 N–H and O–H groups in total. The Morgan fingerprint density at radius 3 is 0.798 bits per heavy atom. The molecule has 0 saturated heterocycles. The molecule has 9 heterocycles. The van der Waals surface area contributed by atoms with Crippen LogP contribution in [0.3, 0.4) is 0 Å². The number of pyridine rings is 3. The van der Waals surface area contributed by atoms with E-state index in [1.807, 2.05) is 37.2 Å². The highest BCUT2D eigenvalue weighted by Crippen LogP contribution is 2.46. The van der Waals surface area contributed by atoms with Gasteiger partial charge in [0.15, 0.2) is 0 Å². The Morgan fingerprint density at radius 1 is 0.145 bits per heavy atom. The fourth-order valence-corrected chi connectivity index (χ4v) is 19.6. The van der Waals surface area contributed by atoms with E-state index in [4.69, 9.17) is 0 Å². The molecule has 0 spiro atoms. The van der Waals surface area contributed by atoms with Gasteiger partial charge in [0, 0.05) is 117 Å². The first-order valence-corrected chi connectivity index (χ1v) is 42.2. The van der Waals surface area contributed by atoms with E-state index in [0.717, 1.165) is 39.3 Å². The molecule has 9 aromatic heterocycles. The third kappa shape index (κ3) is 11.7. The highest BCUT2D eigenvalue weighted by Gasteiger charge is 2.24. The predicted molar refractivity (Wildman–Crippen MR) is 518 cm³/mol. The highest BCUT2D eigenvalue weighted by molar-refractivity contribution is 6.21. The minimum atomic E-state index is 1.11. The summed E-state index contributed by atoms with van der Waals surface area (Å²) >= 11 is 0. The van der Waals surface area contributed by atoms with Crippen LogP contribution in [-0.2, 0) is 0 Å². The molecular weight excluding hydrogens is 1510 g/mol. The number of hydrogen-bond donors (Lipinski definition) is 0. The van der Waals surface area contributed by atoms with Crippen molar-refractivity contribution in [1.29, 1.82) is 0 Å². The van der Waals surface area contributed by atoms with E-state index in [2.05, 4.69) is 461 Å². The minimum absolute atomic E-state index is 1.11. The Kier molecular flexibility index (Phi) is 17.1. The molecule has 0 radical (unpaired) electrons. The smallest absolute Gasteiger partial charge is 0.0724 e. The molecule has 26 rings (SSSR count). The lowest BCUT2D eigenvalue weighted by Gasteiger charge is -2.11. The number of fused-ring (bicyclic) bond motifs is 19. The van der Waals surface area contributed by atoms with Crippen molar-refractivity contribution < 1.29 is 0 Å². The zero-order valence-electron chi connectivity index (χ0n) is 67.3. The van der Waals surface area contributed by atoms with Gasteiger partial charge in [-0.3, -0.25) is 15.0 Å². The van der Waals surface area contributed by atoms with Gasteiger partial charge in [0.1, 0.15) is 0 Å². The minimum Gasteiger partial charge on any atom is -0.309 e. The van der Waals surface area contributed by atoms with Crippen LogP contribution in [0.4, 0.5) is 0 Å². The maximum absolute atomic E-state index is 4.51. The quantitative estimate of drug-likeness (QED) is 0.137. The van der Waals surface area contributed by atoms with Crippen LogP contribution in [0.25, 0.3) is 220 Å². The average Bonchev–Trinajstić information content (AvgIpc) is 1.58. The van der Waals surface area contributed by atoms with Gasteiger partial charge in [-0.1, -0.05) is 273 Å².